The van der Waals surface area contributed by atoms with Gasteiger partial charge in [-0.3, -0.25) is 4.90 Å². The van der Waals surface area contributed by atoms with E-state index in [-0.39, 0.29) is 0 Å². The summed E-state index contributed by atoms with van der Waals surface area (Å²) in [5, 5.41) is 0. The molecule has 1 unspecified atom stereocenters. The normalized spacial score (nSPS) is 28.0. The van der Waals surface area contributed by atoms with Gasteiger partial charge in [0.05, 0.1) is 0 Å². The predicted molar refractivity (Wildman–Crippen MR) is 94.6 cm³/mol. The number of nitrogens with zero attached hydrogens (tertiary/aromatic N) is 1. The lowest BCUT2D eigenvalue weighted by Gasteiger charge is -2.48. The maximum atomic E-state index is 6.29. The van der Waals surface area contributed by atoms with Gasteiger partial charge >= 0.3 is 0 Å². The van der Waals surface area contributed by atoms with Gasteiger partial charge in [-0.05, 0) is 56.9 Å². The molecule has 1 saturated carbocycles. The number of hydrogen-bond acceptors (Lipinski definition) is 2. The summed E-state index contributed by atoms with van der Waals surface area (Å²) < 4.78 is 0. The first kappa shape index (κ1) is 19.0. The van der Waals surface area contributed by atoms with E-state index in [1.807, 2.05) is 0 Å². The molecule has 0 amide bonds. The third-order valence-electron chi connectivity index (χ3n) is 5.77. The largest absolute Gasteiger partial charge is 0.329 e. The number of rotatable bonds is 10. The molecule has 0 aromatic rings. The third kappa shape index (κ3) is 5.56. The second-order valence-corrected chi connectivity index (χ2v) is 7.47. The van der Waals surface area contributed by atoms with Gasteiger partial charge in [0.1, 0.15) is 0 Å². The zero-order chi connectivity index (χ0) is 15.7. The second kappa shape index (κ2) is 9.84. The van der Waals surface area contributed by atoms with Crippen molar-refractivity contribution in [3.8, 4) is 0 Å². The Hall–Kier alpha value is -0.0800. The fourth-order valence-electron chi connectivity index (χ4n) is 3.97. The molecule has 0 heterocycles. The molecule has 2 heteroatoms. The van der Waals surface area contributed by atoms with E-state index in [4.69, 9.17) is 5.73 Å². The molecule has 126 valence electrons. The molecule has 0 aliphatic heterocycles. The van der Waals surface area contributed by atoms with Crippen molar-refractivity contribution in [1.82, 2.24) is 4.90 Å². The second-order valence-electron chi connectivity index (χ2n) is 7.47. The molecule has 21 heavy (non-hydrogen) atoms. The van der Waals surface area contributed by atoms with Crippen LogP contribution in [0.4, 0.5) is 0 Å². The van der Waals surface area contributed by atoms with Crippen LogP contribution in [-0.2, 0) is 0 Å². The van der Waals surface area contributed by atoms with E-state index in [1.165, 1.54) is 70.9 Å². The molecule has 0 aromatic carbocycles. The zero-order valence-corrected chi connectivity index (χ0v) is 15.2. The van der Waals surface area contributed by atoms with Crippen LogP contribution >= 0.6 is 0 Å². The maximum Gasteiger partial charge on any atom is 0.0332 e. The summed E-state index contributed by atoms with van der Waals surface area (Å²) >= 11 is 0. The SMILES string of the molecule is CCCCC(CC)CN(CCC)C1(CN)CCC(C)CC1. The minimum absolute atomic E-state index is 0.308. The molecule has 0 aromatic heterocycles. The molecule has 1 rings (SSSR count). The molecule has 1 aliphatic rings. The van der Waals surface area contributed by atoms with Crippen LogP contribution < -0.4 is 5.73 Å². The minimum Gasteiger partial charge on any atom is -0.329 e. The van der Waals surface area contributed by atoms with Crippen LogP contribution in [-0.4, -0.2) is 30.1 Å². The molecule has 0 radical (unpaired) electrons. The fourth-order valence-corrected chi connectivity index (χ4v) is 3.97. The van der Waals surface area contributed by atoms with E-state index < -0.39 is 0 Å². The lowest BCUT2D eigenvalue weighted by molar-refractivity contribution is 0.0296. The fraction of sp³-hybridized carbons (Fsp3) is 1.00. The van der Waals surface area contributed by atoms with E-state index in [0.29, 0.717) is 5.54 Å². The standard InChI is InChI=1S/C19H40N2/c1-5-8-9-18(7-3)15-21(14-6-2)19(16-20)12-10-17(4)11-13-19/h17-18H,5-16,20H2,1-4H3. The smallest absolute Gasteiger partial charge is 0.0332 e. The summed E-state index contributed by atoms with van der Waals surface area (Å²) in [7, 11) is 0. The zero-order valence-electron chi connectivity index (χ0n) is 15.2. The van der Waals surface area contributed by atoms with E-state index in [2.05, 4.69) is 32.6 Å². The highest BCUT2D eigenvalue weighted by atomic mass is 15.2. The lowest BCUT2D eigenvalue weighted by atomic mass is 9.75. The van der Waals surface area contributed by atoms with Gasteiger partial charge < -0.3 is 5.73 Å². The molecule has 0 spiro atoms. The summed E-state index contributed by atoms with van der Waals surface area (Å²) in [5.41, 5.74) is 6.60. The number of hydrogen-bond donors (Lipinski definition) is 1. The molecule has 1 atom stereocenters. The summed E-state index contributed by atoms with van der Waals surface area (Å²) in [6, 6.07) is 0. The Kier molecular flexibility index (Phi) is 8.89. The van der Waals surface area contributed by atoms with Gasteiger partial charge in [0, 0.05) is 18.6 Å². The van der Waals surface area contributed by atoms with E-state index in [0.717, 1.165) is 18.4 Å². The van der Waals surface area contributed by atoms with Crippen LogP contribution in [0.1, 0.15) is 85.5 Å². The Balaban J connectivity index is 2.72. The van der Waals surface area contributed by atoms with Crippen LogP contribution in [0.5, 0.6) is 0 Å². The molecular weight excluding hydrogens is 256 g/mol. The van der Waals surface area contributed by atoms with Crippen molar-refractivity contribution in [1.29, 1.82) is 0 Å². The first-order chi connectivity index (χ1) is 10.1. The van der Waals surface area contributed by atoms with Crippen LogP contribution in [0.15, 0.2) is 0 Å². The van der Waals surface area contributed by atoms with Gasteiger partial charge in [-0.15, -0.1) is 0 Å². The van der Waals surface area contributed by atoms with Crippen LogP contribution in [0, 0.1) is 11.8 Å². The molecular formula is C19H40N2. The average Bonchev–Trinajstić information content (AvgIpc) is 2.51. The first-order valence-corrected chi connectivity index (χ1v) is 9.56. The monoisotopic (exact) mass is 296 g/mol. The van der Waals surface area contributed by atoms with Crippen molar-refractivity contribution >= 4 is 0 Å². The molecule has 1 aliphatic carbocycles. The van der Waals surface area contributed by atoms with Gasteiger partial charge in [-0.2, -0.15) is 0 Å². The summed E-state index contributed by atoms with van der Waals surface area (Å²) in [4.78, 5) is 2.79. The van der Waals surface area contributed by atoms with Gasteiger partial charge in [-0.25, -0.2) is 0 Å². The van der Waals surface area contributed by atoms with Gasteiger partial charge in [0.25, 0.3) is 0 Å². The Morgan fingerprint density at radius 3 is 2.29 bits per heavy atom. The lowest BCUT2D eigenvalue weighted by Crippen LogP contribution is -2.57. The number of unbranched alkanes of at least 4 members (excludes halogenated alkanes) is 1. The highest BCUT2D eigenvalue weighted by Gasteiger charge is 2.38. The van der Waals surface area contributed by atoms with Crippen LogP contribution in [0.3, 0.4) is 0 Å². The average molecular weight is 297 g/mol. The summed E-state index contributed by atoms with van der Waals surface area (Å²) in [6.07, 6.45) is 12.0. The topological polar surface area (TPSA) is 29.3 Å². The van der Waals surface area contributed by atoms with Gasteiger partial charge in [0.2, 0.25) is 0 Å². The molecule has 0 bridgehead atoms. The van der Waals surface area contributed by atoms with Gasteiger partial charge in [-0.1, -0.05) is 47.0 Å². The maximum absolute atomic E-state index is 6.29. The van der Waals surface area contributed by atoms with Crippen molar-refractivity contribution in [2.24, 2.45) is 17.6 Å². The molecule has 2 nitrogen and oxygen atoms in total. The molecule has 0 saturated heterocycles. The van der Waals surface area contributed by atoms with Gasteiger partial charge in [0.15, 0.2) is 0 Å². The van der Waals surface area contributed by atoms with Crippen molar-refractivity contribution in [3.63, 3.8) is 0 Å². The van der Waals surface area contributed by atoms with Crippen LogP contribution in [0.2, 0.25) is 0 Å². The van der Waals surface area contributed by atoms with Crippen molar-refractivity contribution in [2.75, 3.05) is 19.6 Å². The highest BCUT2D eigenvalue weighted by Crippen LogP contribution is 2.36. The van der Waals surface area contributed by atoms with Crippen molar-refractivity contribution in [2.45, 2.75) is 91.0 Å². The summed E-state index contributed by atoms with van der Waals surface area (Å²) in [6.45, 7) is 12.7. The molecule has 2 N–H and O–H groups in total. The predicted octanol–water partition coefficient (Wildman–Crippen LogP) is 4.82. The Morgan fingerprint density at radius 2 is 1.81 bits per heavy atom. The Labute approximate surface area is 133 Å². The Bertz CT molecular complexity index is 256. The van der Waals surface area contributed by atoms with Crippen LogP contribution in [0.25, 0.3) is 0 Å². The number of nitrogens with two attached hydrogens (primary N) is 1. The Morgan fingerprint density at radius 1 is 1.14 bits per heavy atom. The van der Waals surface area contributed by atoms with E-state index in [1.54, 1.807) is 0 Å². The highest BCUT2D eigenvalue weighted by molar-refractivity contribution is 4.95. The van der Waals surface area contributed by atoms with E-state index in [9.17, 15) is 0 Å². The minimum atomic E-state index is 0.308. The van der Waals surface area contributed by atoms with Crippen molar-refractivity contribution < 1.29 is 0 Å². The molecule has 1 fully saturated rings. The first-order valence-electron chi connectivity index (χ1n) is 9.56. The third-order valence-corrected chi connectivity index (χ3v) is 5.77. The summed E-state index contributed by atoms with van der Waals surface area (Å²) in [5.74, 6) is 1.76. The quantitative estimate of drug-likeness (QED) is 0.626. The van der Waals surface area contributed by atoms with E-state index >= 15 is 0 Å². The van der Waals surface area contributed by atoms with Crippen molar-refractivity contribution in [3.05, 3.63) is 0 Å².